The van der Waals surface area contributed by atoms with E-state index in [1.807, 2.05) is 13.0 Å². The zero-order valence-electron chi connectivity index (χ0n) is 14.3. The van der Waals surface area contributed by atoms with Crippen molar-refractivity contribution >= 4 is 6.09 Å². The second-order valence-electron chi connectivity index (χ2n) is 5.59. The van der Waals surface area contributed by atoms with Crippen LogP contribution in [0.4, 0.5) is 4.79 Å². The van der Waals surface area contributed by atoms with Gasteiger partial charge in [-0.25, -0.2) is 4.79 Å². The van der Waals surface area contributed by atoms with E-state index in [9.17, 15) is 4.79 Å². The van der Waals surface area contributed by atoms with Crippen LogP contribution in [-0.2, 0) is 4.74 Å². The van der Waals surface area contributed by atoms with Crippen LogP contribution in [0.25, 0.3) is 0 Å². The molecule has 0 aliphatic rings. The summed E-state index contributed by atoms with van der Waals surface area (Å²) in [7, 11) is 0. The molecule has 0 aromatic carbocycles. The van der Waals surface area contributed by atoms with Gasteiger partial charge in [-0.15, -0.1) is 0 Å². The van der Waals surface area contributed by atoms with Gasteiger partial charge < -0.3 is 10.1 Å². The predicted octanol–water partition coefficient (Wildman–Crippen LogP) is 5.15. The number of nitrogens with one attached hydrogen (secondary N) is 1. The molecular weight excluding hydrogens is 262 g/mol. The molecule has 0 saturated heterocycles. The first-order valence-electron chi connectivity index (χ1n) is 7.81. The van der Waals surface area contributed by atoms with Gasteiger partial charge >= 0.3 is 6.09 Å². The Bertz CT molecular complexity index is 388. The van der Waals surface area contributed by atoms with Gasteiger partial charge in [0.15, 0.2) is 0 Å². The Hall–Kier alpha value is -1.51. The van der Waals surface area contributed by atoms with E-state index < -0.39 is 0 Å². The molecule has 0 radical (unpaired) electrons. The molecule has 0 spiro atoms. The molecule has 0 aromatic heterocycles. The van der Waals surface area contributed by atoms with Crippen molar-refractivity contribution in [3.8, 4) is 0 Å². The molecule has 1 N–H and O–H groups in total. The van der Waals surface area contributed by atoms with Gasteiger partial charge in [0.1, 0.15) is 6.61 Å². The highest BCUT2D eigenvalue weighted by Gasteiger charge is 1.97. The fraction of sp³-hybridized carbons (Fsp3) is 0.611. The van der Waals surface area contributed by atoms with Crippen molar-refractivity contribution in [2.24, 2.45) is 0 Å². The first-order chi connectivity index (χ1) is 9.95. The summed E-state index contributed by atoms with van der Waals surface area (Å²) >= 11 is 0. The average Bonchev–Trinajstić information content (AvgIpc) is 2.38. The third-order valence-corrected chi connectivity index (χ3v) is 3.09. The monoisotopic (exact) mass is 293 g/mol. The number of allylic oxidation sites excluding steroid dienone is 5. The zero-order chi connectivity index (χ0) is 16.1. The van der Waals surface area contributed by atoms with Gasteiger partial charge in [0, 0.05) is 6.54 Å². The van der Waals surface area contributed by atoms with Gasteiger partial charge in [-0.1, -0.05) is 28.9 Å². The smallest absolute Gasteiger partial charge is 0.407 e. The van der Waals surface area contributed by atoms with Crippen molar-refractivity contribution < 1.29 is 9.53 Å². The summed E-state index contributed by atoms with van der Waals surface area (Å²) in [6, 6.07) is 0. The molecule has 3 nitrogen and oxygen atoms in total. The van der Waals surface area contributed by atoms with Crippen molar-refractivity contribution in [3.05, 3.63) is 34.9 Å². The van der Waals surface area contributed by atoms with E-state index >= 15 is 0 Å². The molecular formula is C18H31NO2. The lowest BCUT2D eigenvalue weighted by molar-refractivity contribution is 0.158. The van der Waals surface area contributed by atoms with Gasteiger partial charge in [-0.05, 0) is 66.4 Å². The Balaban J connectivity index is 3.88. The molecule has 0 unspecified atom stereocenters. The quantitative estimate of drug-likeness (QED) is 0.597. The number of hydrogen-bond donors (Lipinski definition) is 1. The molecule has 0 fully saturated rings. The van der Waals surface area contributed by atoms with Crippen LogP contribution in [0.2, 0.25) is 0 Å². The van der Waals surface area contributed by atoms with E-state index in [-0.39, 0.29) is 6.09 Å². The highest BCUT2D eigenvalue weighted by atomic mass is 16.5. The van der Waals surface area contributed by atoms with Crippen LogP contribution in [0.15, 0.2) is 34.9 Å². The maximum absolute atomic E-state index is 11.1. The Morgan fingerprint density at radius 1 is 0.952 bits per heavy atom. The molecule has 0 rings (SSSR count). The van der Waals surface area contributed by atoms with Crippen LogP contribution in [0.5, 0.6) is 0 Å². The molecule has 0 aromatic rings. The number of alkyl carbamates (subject to hydrolysis) is 1. The van der Waals surface area contributed by atoms with E-state index in [1.165, 1.54) is 16.7 Å². The average molecular weight is 293 g/mol. The molecule has 0 saturated carbocycles. The summed E-state index contributed by atoms with van der Waals surface area (Å²) in [6.07, 6.45) is 10.5. The van der Waals surface area contributed by atoms with Crippen LogP contribution >= 0.6 is 0 Å². The number of rotatable bonds is 9. The van der Waals surface area contributed by atoms with Crippen LogP contribution < -0.4 is 5.32 Å². The summed E-state index contributed by atoms with van der Waals surface area (Å²) in [4.78, 5) is 11.1. The van der Waals surface area contributed by atoms with Crippen LogP contribution in [0, 0.1) is 0 Å². The normalized spacial score (nSPS) is 12.0. The predicted molar refractivity (Wildman–Crippen MR) is 90.4 cm³/mol. The molecule has 1 amide bonds. The highest BCUT2D eigenvalue weighted by molar-refractivity contribution is 5.67. The summed E-state index contributed by atoms with van der Waals surface area (Å²) in [5.74, 6) is 0. The fourth-order valence-corrected chi connectivity index (χ4v) is 1.79. The van der Waals surface area contributed by atoms with E-state index in [0.717, 1.165) is 25.7 Å². The van der Waals surface area contributed by atoms with E-state index in [1.54, 1.807) is 0 Å². The standard InChI is InChI=1S/C18H31NO2/c1-6-19-18(20)21-14-13-17(5)12-8-11-16(4)10-7-9-15(2)3/h9,11,13H,6-8,10,12,14H2,1-5H3,(H,19,20). The van der Waals surface area contributed by atoms with Crippen molar-refractivity contribution in [1.82, 2.24) is 5.32 Å². The lowest BCUT2D eigenvalue weighted by atomic mass is 10.1. The third kappa shape index (κ3) is 13.2. The summed E-state index contributed by atoms with van der Waals surface area (Å²) in [5, 5.41) is 2.60. The number of carbonyl (C=O) groups is 1. The third-order valence-electron chi connectivity index (χ3n) is 3.09. The molecule has 120 valence electrons. The first kappa shape index (κ1) is 19.5. The lowest BCUT2D eigenvalue weighted by Crippen LogP contribution is -2.23. The Morgan fingerprint density at radius 2 is 1.52 bits per heavy atom. The van der Waals surface area contributed by atoms with Crippen LogP contribution in [0.1, 0.15) is 60.3 Å². The number of hydrogen-bond acceptors (Lipinski definition) is 2. The first-order valence-corrected chi connectivity index (χ1v) is 7.81. The van der Waals surface area contributed by atoms with Gasteiger partial charge in [-0.3, -0.25) is 0 Å². The molecule has 0 heterocycles. The van der Waals surface area contributed by atoms with E-state index in [4.69, 9.17) is 4.74 Å². The maximum Gasteiger partial charge on any atom is 0.407 e. The van der Waals surface area contributed by atoms with Crippen molar-refractivity contribution in [2.45, 2.75) is 60.3 Å². The minimum Gasteiger partial charge on any atom is -0.445 e. The molecule has 21 heavy (non-hydrogen) atoms. The highest BCUT2D eigenvalue weighted by Crippen LogP contribution is 2.11. The fourth-order valence-electron chi connectivity index (χ4n) is 1.79. The van der Waals surface area contributed by atoms with Gasteiger partial charge in [0.2, 0.25) is 0 Å². The minimum atomic E-state index is -0.350. The number of amides is 1. The molecule has 0 atom stereocenters. The second kappa shape index (κ2) is 12.2. The van der Waals surface area contributed by atoms with Gasteiger partial charge in [-0.2, -0.15) is 0 Å². The van der Waals surface area contributed by atoms with Crippen LogP contribution in [0.3, 0.4) is 0 Å². The SMILES string of the molecule is CCNC(=O)OCC=C(C)CCC=C(C)CCC=C(C)C. The van der Waals surface area contributed by atoms with E-state index in [2.05, 4.69) is 45.2 Å². The molecule has 0 bridgehead atoms. The van der Waals surface area contributed by atoms with Crippen molar-refractivity contribution in [3.63, 3.8) is 0 Å². The lowest BCUT2D eigenvalue weighted by Gasteiger charge is -2.04. The van der Waals surface area contributed by atoms with Crippen molar-refractivity contribution in [1.29, 1.82) is 0 Å². The molecule has 0 aliphatic heterocycles. The summed E-state index contributed by atoms with van der Waals surface area (Å²) in [5.41, 5.74) is 4.08. The Labute approximate surface area is 130 Å². The van der Waals surface area contributed by atoms with Gasteiger partial charge in [0.25, 0.3) is 0 Å². The molecule has 3 heteroatoms. The largest absolute Gasteiger partial charge is 0.445 e. The number of ether oxygens (including phenoxy) is 1. The number of carbonyl (C=O) groups excluding carboxylic acids is 1. The Kier molecular flexibility index (Phi) is 11.4. The van der Waals surface area contributed by atoms with Crippen LogP contribution in [-0.4, -0.2) is 19.2 Å². The van der Waals surface area contributed by atoms with Crippen molar-refractivity contribution in [2.75, 3.05) is 13.2 Å². The second-order valence-corrected chi connectivity index (χ2v) is 5.59. The minimum absolute atomic E-state index is 0.348. The summed E-state index contributed by atoms with van der Waals surface area (Å²) < 4.78 is 5.01. The zero-order valence-corrected chi connectivity index (χ0v) is 14.3. The molecule has 0 aliphatic carbocycles. The summed E-state index contributed by atoms with van der Waals surface area (Å²) in [6.45, 7) is 11.4. The topological polar surface area (TPSA) is 38.3 Å². The Morgan fingerprint density at radius 3 is 2.10 bits per heavy atom. The van der Waals surface area contributed by atoms with E-state index in [0.29, 0.717) is 13.2 Å². The maximum atomic E-state index is 11.1. The van der Waals surface area contributed by atoms with Gasteiger partial charge in [0.05, 0.1) is 0 Å².